The lowest BCUT2D eigenvalue weighted by atomic mass is 10.1. The summed E-state index contributed by atoms with van der Waals surface area (Å²) in [6.07, 6.45) is 4.29. The van der Waals surface area contributed by atoms with Gasteiger partial charge in [0.1, 0.15) is 5.76 Å². The standard InChI is InChI=1S/C26H26ClN3O4S2/c1-17-8-13-22(27)24-23(17)28-26(35-24)29(16-20-7-5-15-34-20)25(31)19-9-11-21(12-10-19)36(32,33)30-14-4-3-6-18(30)2/h5,7-13,15,18H,3-4,6,14,16H2,1-2H3. The van der Waals surface area contributed by atoms with Gasteiger partial charge in [-0.1, -0.05) is 35.4 Å². The second-order valence-electron chi connectivity index (χ2n) is 8.99. The third-order valence-electron chi connectivity index (χ3n) is 6.51. The van der Waals surface area contributed by atoms with Crippen LogP contribution in [0.2, 0.25) is 5.02 Å². The predicted molar refractivity (Wildman–Crippen MR) is 142 cm³/mol. The number of halogens is 1. The number of rotatable bonds is 6. The van der Waals surface area contributed by atoms with Crippen LogP contribution in [0.25, 0.3) is 10.2 Å². The number of fused-ring (bicyclic) bond motifs is 1. The number of carbonyl (C=O) groups is 1. The number of amides is 1. The third-order valence-corrected chi connectivity index (χ3v) is 10.1. The zero-order chi connectivity index (χ0) is 25.4. The Morgan fingerprint density at radius 1 is 1.19 bits per heavy atom. The highest BCUT2D eigenvalue weighted by Crippen LogP contribution is 2.37. The number of aryl methyl sites for hydroxylation is 1. The molecule has 10 heteroatoms. The summed E-state index contributed by atoms with van der Waals surface area (Å²) in [5, 5.41) is 1.06. The number of piperidine rings is 1. The first kappa shape index (κ1) is 25.0. The Morgan fingerprint density at radius 2 is 1.97 bits per heavy atom. The molecule has 0 aliphatic carbocycles. The molecule has 5 rings (SSSR count). The molecular weight excluding hydrogens is 518 g/mol. The van der Waals surface area contributed by atoms with Crippen LogP contribution in [0, 0.1) is 6.92 Å². The van der Waals surface area contributed by atoms with Crippen LogP contribution in [0.15, 0.2) is 64.1 Å². The van der Waals surface area contributed by atoms with E-state index in [-0.39, 0.29) is 23.4 Å². The van der Waals surface area contributed by atoms with Crippen LogP contribution in [0.5, 0.6) is 0 Å². The van der Waals surface area contributed by atoms with Crippen LogP contribution >= 0.6 is 22.9 Å². The van der Waals surface area contributed by atoms with Crippen molar-refractivity contribution in [3.8, 4) is 0 Å². The molecule has 3 heterocycles. The number of furan rings is 1. The van der Waals surface area contributed by atoms with Crippen molar-refractivity contribution in [3.05, 3.63) is 76.7 Å². The molecule has 1 amide bonds. The number of thiazole rings is 1. The van der Waals surface area contributed by atoms with Gasteiger partial charge in [0, 0.05) is 18.2 Å². The number of benzene rings is 2. The van der Waals surface area contributed by atoms with Gasteiger partial charge in [0.15, 0.2) is 5.13 Å². The van der Waals surface area contributed by atoms with E-state index in [1.807, 2.05) is 26.0 Å². The average molecular weight is 544 g/mol. The molecule has 1 atom stereocenters. The Balaban J connectivity index is 1.48. The number of aromatic nitrogens is 1. The molecule has 36 heavy (non-hydrogen) atoms. The molecule has 1 unspecified atom stereocenters. The predicted octanol–water partition coefficient (Wildman–Crippen LogP) is 6.26. The molecule has 0 spiro atoms. The first-order valence-electron chi connectivity index (χ1n) is 11.8. The highest BCUT2D eigenvalue weighted by molar-refractivity contribution is 7.89. The number of nitrogens with zero attached hydrogens (tertiary/aromatic N) is 3. The zero-order valence-corrected chi connectivity index (χ0v) is 22.4. The number of anilines is 1. The van der Waals surface area contributed by atoms with Crippen molar-refractivity contribution in [2.75, 3.05) is 11.4 Å². The highest BCUT2D eigenvalue weighted by Gasteiger charge is 2.31. The Hall–Kier alpha value is -2.72. The van der Waals surface area contributed by atoms with Gasteiger partial charge in [0.05, 0.1) is 32.9 Å². The van der Waals surface area contributed by atoms with Gasteiger partial charge in [0.25, 0.3) is 5.91 Å². The summed E-state index contributed by atoms with van der Waals surface area (Å²) in [5.41, 5.74) is 2.06. The maximum atomic E-state index is 13.7. The SMILES string of the molecule is Cc1ccc(Cl)c2sc(N(Cc3ccco3)C(=O)c3ccc(S(=O)(=O)N4CCCCC4C)cc3)nc12. The van der Waals surface area contributed by atoms with Gasteiger partial charge >= 0.3 is 0 Å². The summed E-state index contributed by atoms with van der Waals surface area (Å²) in [6.45, 7) is 4.57. The number of hydrogen-bond donors (Lipinski definition) is 0. The topological polar surface area (TPSA) is 83.7 Å². The van der Waals surface area contributed by atoms with Crippen molar-refractivity contribution < 1.29 is 17.6 Å². The van der Waals surface area contributed by atoms with E-state index in [9.17, 15) is 13.2 Å². The molecule has 1 aliphatic rings. The monoisotopic (exact) mass is 543 g/mol. The smallest absolute Gasteiger partial charge is 0.260 e. The van der Waals surface area contributed by atoms with Crippen LogP contribution in [0.3, 0.4) is 0 Å². The van der Waals surface area contributed by atoms with Crippen LogP contribution in [0.1, 0.15) is 47.9 Å². The number of carbonyl (C=O) groups excluding carboxylic acids is 1. The van der Waals surface area contributed by atoms with E-state index in [2.05, 4.69) is 0 Å². The molecule has 2 aromatic carbocycles. The first-order valence-corrected chi connectivity index (χ1v) is 14.4. The average Bonchev–Trinajstić information content (AvgIpc) is 3.55. The summed E-state index contributed by atoms with van der Waals surface area (Å²) < 4.78 is 34.3. The van der Waals surface area contributed by atoms with Crippen molar-refractivity contribution in [2.45, 2.75) is 50.6 Å². The summed E-state index contributed by atoms with van der Waals surface area (Å²) in [6, 6.07) is 13.4. The minimum atomic E-state index is -3.63. The third kappa shape index (κ3) is 4.68. The van der Waals surface area contributed by atoms with Crippen molar-refractivity contribution in [1.29, 1.82) is 0 Å². The minimum Gasteiger partial charge on any atom is -0.467 e. The molecule has 0 saturated carbocycles. The van der Waals surface area contributed by atoms with Gasteiger partial charge in [-0.05, 0) is 74.7 Å². The molecule has 1 fully saturated rings. The van der Waals surface area contributed by atoms with E-state index in [0.717, 1.165) is 35.0 Å². The van der Waals surface area contributed by atoms with Crippen LogP contribution in [-0.4, -0.2) is 36.2 Å². The molecule has 2 aromatic heterocycles. The lowest BCUT2D eigenvalue weighted by molar-refractivity contribution is 0.0983. The Bertz CT molecular complexity index is 1460. The minimum absolute atomic E-state index is 0.0387. The van der Waals surface area contributed by atoms with E-state index in [1.165, 1.54) is 28.4 Å². The largest absolute Gasteiger partial charge is 0.467 e. The fourth-order valence-corrected chi connectivity index (χ4v) is 7.49. The molecular formula is C26H26ClN3O4S2. The van der Waals surface area contributed by atoms with Gasteiger partial charge in [-0.25, -0.2) is 13.4 Å². The summed E-state index contributed by atoms with van der Waals surface area (Å²) in [4.78, 5) is 20.1. The van der Waals surface area contributed by atoms with E-state index in [0.29, 0.717) is 28.0 Å². The van der Waals surface area contributed by atoms with Gasteiger partial charge in [-0.2, -0.15) is 4.31 Å². The van der Waals surface area contributed by atoms with Gasteiger partial charge in [-0.3, -0.25) is 9.69 Å². The second kappa shape index (κ2) is 9.97. The van der Waals surface area contributed by atoms with E-state index in [1.54, 1.807) is 34.8 Å². The number of sulfonamides is 1. The van der Waals surface area contributed by atoms with Gasteiger partial charge in [-0.15, -0.1) is 0 Å². The summed E-state index contributed by atoms with van der Waals surface area (Å²) >= 11 is 7.74. The van der Waals surface area contributed by atoms with Crippen molar-refractivity contribution in [3.63, 3.8) is 0 Å². The van der Waals surface area contributed by atoms with Crippen molar-refractivity contribution in [2.24, 2.45) is 0 Å². The van der Waals surface area contributed by atoms with Gasteiger partial charge < -0.3 is 4.42 Å². The van der Waals surface area contributed by atoms with Crippen LogP contribution in [-0.2, 0) is 16.6 Å². The summed E-state index contributed by atoms with van der Waals surface area (Å²) in [5.74, 6) is 0.290. The quantitative estimate of drug-likeness (QED) is 0.286. The molecule has 188 valence electrons. The Kier molecular flexibility index (Phi) is 6.91. The molecule has 0 bridgehead atoms. The zero-order valence-electron chi connectivity index (χ0n) is 20.0. The fraction of sp³-hybridized carbons (Fsp3) is 0.308. The van der Waals surface area contributed by atoms with Crippen molar-refractivity contribution >= 4 is 54.2 Å². The maximum absolute atomic E-state index is 13.7. The lowest BCUT2D eigenvalue weighted by Gasteiger charge is -2.32. The van der Waals surface area contributed by atoms with Gasteiger partial charge in [0.2, 0.25) is 10.0 Å². The Labute approximate surface area is 219 Å². The van der Waals surface area contributed by atoms with Crippen LogP contribution in [0.4, 0.5) is 5.13 Å². The van der Waals surface area contributed by atoms with E-state index in [4.69, 9.17) is 21.0 Å². The lowest BCUT2D eigenvalue weighted by Crippen LogP contribution is -2.41. The molecule has 0 radical (unpaired) electrons. The normalized spacial score (nSPS) is 16.9. The molecule has 4 aromatic rings. The maximum Gasteiger partial charge on any atom is 0.260 e. The highest BCUT2D eigenvalue weighted by atomic mass is 35.5. The second-order valence-corrected chi connectivity index (χ2v) is 12.3. The molecule has 1 aliphatic heterocycles. The number of hydrogen-bond acceptors (Lipinski definition) is 6. The first-order chi connectivity index (χ1) is 17.3. The molecule has 0 N–H and O–H groups in total. The molecule has 7 nitrogen and oxygen atoms in total. The van der Waals surface area contributed by atoms with Crippen LogP contribution < -0.4 is 4.90 Å². The summed E-state index contributed by atoms with van der Waals surface area (Å²) in [7, 11) is -3.63. The molecule has 1 saturated heterocycles. The Morgan fingerprint density at radius 3 is 2.64 bits per heavy atom. The van der Waals surface area contributed by atoms with Crippen molar-refractivity contribution in [1.82, 2.24) is 9.29 Å². The van der Waals surface area contributed by atoms with E-state index < -0.39 is 10.0 Å². The van der Waals surface area contributed by atoms with E-state index >= 15 is 0 Å². The fourth-order valence-electron chi connectivity index (χ4n) is 4.48.